The van der Waals surface area contributed by atoms with E-state index in [0.717, 1.165) is 30.6 Å². The van der Waals surface area contributed by atoms with Crippen molar-refractivity contribution in [3.05, 3.63) is 59.2 Å². The Labute approximate surface area is 166 Å². The zero-order valence-electron chi connectivity index (χ0n) is 16.4. The highest BCUT2D eigenvalue weighted by Gasteiger charge is 2.12. The fourth-order valence-corrected chi connectivity index (χ4v) is 2.76. The maximum absolute atomic E-state index is 6.00. The molecule has 0 bridgehead atoms. The Kier molecular flexibility index (Phi) is 7.76. The van der Waals surface area contributed by atoms with Crippen molar-refractivity contribution in [1.82, 2.24) is 4.90 Å². The minimum atomic E-state index is 0.0486. The number of hydrogen-bond acceptors (Lipinski definition) is 4. The van der Waals surface area contributed by atoms with Crippen LogP contribution in [-0.2, 0) is 6.42 Å². The summed E-state index contributed by atoms with van der Waals surface area (Å²) in [5, 5.41) is 0.0486. The van der Waals surface area contributed by atoms with Crippen LogP contribution >= 0.6 is 12.2 Å². The van der Waals surface area contributed by atoms with Crippen molar-refractivity contribution in [3.8, 4) is 11.5 Å². The van der Waals surface area contributed by atoms with Crippen molar-refractivity contribution < 1.29 is 9.47 Å². The van der Waals surface area contributed by atoms with Crippen molar-refractivity contribution in [2.24, 2.45) is 10.7 Å². The third kappa shape index (κ3) is 6.05. The van der Waals surface area contributed by atoms with Gasteiger partial charge in [0.05, 0.1) is 7.11 Å². The van der Waals surface area contributed by atoms with Gasteiger partial charge in [-0.3, -0.25) is 0 Å². The molecule has 0 spiro atoms. The first-order chi connectivity index (χ1) is 12.9. The molecule has 0 atom stereocenters. The fraction of sp³-hybridized carbons (Fsp3) is 0.333. The summed E-state index contributed by atoms with van der Waals surface area (Å²) in [4.78, 5) is 6.45. The van der Waals surface area contributed by atoms with E-state index in [2.05, 4.69) is 30.8 Å². The fourth-order valence-electron chi connectivity index (χ4n) is 2.57. The Morgan fingerprint density at radius 1 is 1.19 bits per heavy atom. The van der Waals surface area contributed by atoms with Crippen LogP contribution in [0.5, 0.6) is 11.5 Å². The first-order valence-corrected chi connectivity index (χ1v) is 9.32. The Morgan fingerprint density at radius 2 is 1.89 bits per heavy atom. The molecule has 2 aromatic rings. The third-order valence-corrected chi connectivity index (χ3v) is 4.58. The minimum Gasteiger partial charge on any atom is -0.493 e. The first kappa shape index (κ1) is 20.9. The average Bonchev–Trinajstić information content (AvgIpc) is 2.67. The number of aliphatic imine (C=N–C) groups is 1. The van der Waals surface area contributed by atoms with Gasteiger partial charge in [-0.1, -0.05) is 37.3 Å². The van der Waals surface area contributed by atoms with Gasteiger partial charge in [0.2, 0.25) is 0 Å². The molecule has 2 rings (SSSR count). The monoisotopic (exact) mass is 385 g/mol. The molecule has 0 aliphatic heterocycles. The van der Waals surface area contributed by atoms with Gasteiger partial charge in [-0.25, -0.2) is 0 Å². The topological polar surface area (TPSA) is 60.1 Å². The van der Waals surface area contributed by atoms with Crippen molar-refractivity contribution in [2.45, 2.75) is 20.3 Å². The molecule has 0 aliphatic carbocycles. The summed E-state index contributed by atoms with van der Waals surface area (Å²) in [6.45, 7) is 6.20. The lowest BCUT2D eigenvalue weighted by Gasteiger charge is -2.17. The van der Waals surface area contributed by atoms with Gasteiger partial charge >= 0.3 is 0 Å². The molecule has 2 N–H and O–H groups in total. The van der Waals surface area contributed by atoms with Gasteiger partial charge in [0.25, 0.3) is 5.17 Å². The van der Waals surface area contributed by atoms with E-state index in [4.69, 9.17) is 27.4 Å². The minimum absolute atomic E-state index is 0.0486. The Morgan fingerprint density at radius 3 is 2.52 bits per heavy atom. The lowest BCUT2D eigenvalue weighted by molar-refractivity contribution is 0.356. The van der Waals surface area contributed by atoms with Crippen LogP contribution in [0.4, 0.5) is 0 Å². The summed E-state index contributed by atoms with van der Waals surface area (Å²) in [5.74, 6) is 1.48. The number of methoxy groups -OCH3 is 1. The number of aryl methyl sites for hydroxylation is 1. The van der Waals surface area contributed by atoms with Gasteiger partial charge in [0.15, 0.2) is 11.5 Å². The molecular formula is C21H27N3O2S. The molecule has 0 unspecified atom stereocenters. The van der Waals surface area contributed by atoms with Crippen molar-refractivity contribution >= 4 is 23.2 Å². The van der Waals surface area contributed by atoms with Gasteiger partial charge in [0.1, 0.15) is 5.84 Å². The smallest absolute Gasteiger partial charge is 0.291 e. The maximum atomic E-state index is 6.00. The standard InChI is InChI=1S/C21H27N3O2S/c1-5-24(3)12-11-17-14-18(25-4)19(13-15(17)2)26-21(27)23-20(22)16-9-7-6-8-10-16/h6-10,13-14H,5,11-12H2,1-4H3,(H2,22,23,27). The number of thiocarbonyl (C=S) groups is 1. The zero-order valence-corrected chi connectivity index (χ0v) is 17.2. The normalized spacial score (nSPS) is 11.5. The predicted molar refractivity (Wildman–Crippen MR) is 115 cm³/mol. The molecule has 0 aliphatic rings. The number of nitrogens with two attached hydrogens (primary N) is 1. The number of hydrogen-bond donors (Lipinski definition) is 1. The summed E-state index contributed by atoms with van der Waals surface area (Å²) < 4.78 is 11.2. The maximum Gasteiger partial charge on any atom is 0.291 e. The quantitative estimate of drug-likeness (QED) is 0.449. The number of amidine groups is 1. The molecule has 2 aromatic carbocycles. The van der Waals surface area contributed by atoms with Crippen molar-refractivity contribution in [3.63, 3.8) is 0 Å². The summed E-state index contributed by atoms with van der Waals surface area (Å²) in [5.41, 5.74) is 9.14. The molecule has 5 nitrogen and oxygen atoms in total. The molecule has 0 saturated heterocycles. The number of nitrogens with zero attached hydrogens (tertiary/aromatic N) is 2. The Hall–Kier alpha value is -2.44. The van der Waals surface area contributed by atoms with Crippen LogP contribution in [-0.4, -0.2) is 43.2 Å². The van der Waals surface area contributed by atoms with Gasteiger partial charge in [0, 0.05) is 12.1 Å². The molecule has 6 heteroatoms. The van der Waals surface area contributed by atoms with Gasteiger partial charge in [-0.05, 0) is 62.4 Å². The third-order valence-electron chi connectivity index (χ3n) is 4.40. The van der Waals surface area contributed by atoms with E-state index in [1.165, 1.54) is 5.56 Å². The van der Waals surface area contributed by atoms with Crippen LogP contribution in [0.1, 0.15) is 23.6 Å². The summed E-state index contributed by atoms with van der Waals surface area (Å²) >= 11 is 5.25. The molecule has 0 radical (unpaired) electrons. The van der Waals surface area contributed by atoms with E-state index < -0.39 is 0 Å². The molecular weight excluding hydrogens is 358 g/mol. The molecule has 0 saturated carbocycles. The van der Waals surface area contributed by atoms with E-state index in [0.29, 0.717) is 17.3 Å². The Balaban J connectivity index is 2.15. The van der Waals surface area contributed by atoms with E-state index in [1.54, 1.807) is 7.11 Å². The van der Waals surface area contributed by atoms with Crippen LogP contribution in [0.2, 0.25) is 0 Å². The van der Waals surface area contributed by atoms with Crippen LogP contribution in [0.3, 0.4) is 0 Å². The lowest BCUT2D eigenvalue weighted by atomic mass is 10.0. The van der Waals surface area contributed by atoms with Gasteiger partial charge in [-0.2, -0.15) is 4.99 Å². The second-order valence-corrected chi connectivity index (χ2v) is 6.66. The van der Waals surface area contributed by atoms with Crippen LogP contribution in [0.25, 0.3) is 0 Å². The SMILES string of the molecule is CCN(C)CCc1cc(OC)c(OC(=S)N=C(N)c2ccccc2)cc1C. The van der Waals surface area contributed by atoms with E-state index >= 15 is 0 Å². The van der Waals surface area contributed by atoms with Crippen LogP contribution in [0.15, 0.2) is 47.5 Å². The molecule has 0 fully saturated rings. The zero-order chi connectivity index (χ0) is 19.8. The van der Waals surface area contributed by atoms with E-state index in [9.17, 15) is 0 Å². The highest BCUT2D eigenvalue weighted by atomic mass is 32.1. The summed E-state index contributed by atoms with van der Waals surface area (Å²) in [7, 11) is 3.72. The second-order valence-electron chi connectivity index (χ2n) is 6.31. The Bertz CT molecular complexity index is 807. The van der Waals surface area contributed by atoms with E-state index in [1.807, 2.05) is 42.5 Å². The second kappa shape index (κ2) is 10.0. The number of rotatable bonds is 7. The van der Waals surface area contributed by atoms with Crippen molar-refractivity contribution in [2.75, 3.05) is 27.2 Å². The average molecular weight is 386 g/mol. The summed E-state index contributed by atoms with van der Waals surface area (Å²) in [6.07, 6.45) is 0.941. The lowest BCUT2D eigenvalue weighted by Crippen LogP contribution is -2.20. The summed E-state index contributed by atoms with van der Waals surface area (Å²) in [6, 6.07) is 13.4. The highest BCUT2D eigenvalue weighted by Crippen LogP contribution is 2.31. The van der Waals surface area contributed by atoms with Gasteiger partial charge < -0.3 is 20.1 Å². The largest absolute Gasteiger partial charge is 0.493 e. The first-order valence-electron chi connectivity index (χ1n) is 8.92. The van der Waals surface area contributed by atoms with Crippen LogP contribution in [0, 0.1) is 6.92 Å². The number of likely N-dealkylation sites (N-methyl/N-ethyl adjacent to an activating group) is 1. The molecule has 0 heterocycles. The van der Waals surface area contributed by atoms with Gasteiger partial charge in [-0.15, -0.1) is 0 Å². The molecule has 0 amide bonds. The van der Waals surface area contributed by atoms with E-state index in [-0.39, 0.29) is 5.17 Å². The van der Waals surface area contributed by atoms with Crippen molar-refractivity contribution in [1.29, 1.82) is 0 Å². The molecule has 144 valence electrons. The molecule has 27 heavy (non-hydrogen) atoms. The highest BCUT2D eigenvalue weighted by molar-refractivity contribution is 7.80. The van der Waals surface area contributed by atoms with Crippen LogP contribution < -0.4 is 15.2 Å². The number of benzene rings is 2. The number of ether oxygens (including phenoxy) is 2. The molecule has 0 aromatic heterocycles. The predicted octanol–water partition coefficient (Wildman–Crippen LogP) is 3.57.